The smallest absolute Gasteiger partial charge is 0.255 e. The number of aromatic hydroxyl groups is 1. The molecule has 0 aliphatic carbocycles. The van der Waals surface area contributed by atoms with Crippen molar-refractivity contribution >= 4 is 21.8 Å². The first-order valence-corrected chi connectivity index (χ1v) is 6.71. The molecule has 0 unspecified atom stereocenters. The zero-order valence-electron chi connectivity index (χ0n) is 10.4. The molecule has 1 amide bonds. The van der Waals surface area contributed by atoms with Gasteiger partial charge >= 0.3 is 0 Å². The van der Waals surface area contributed by atoms with E-state index in [-0.39, 0.29) is 23.3 Å². The second-order valence-electron chi connectivity index (χ2n) is 4.27. The van der Waals surface area contributed by atoms with Crippen LogP contribution in [0.2, 0.25) is 0 Å². The molecule has 0 radical (unpaired) electrons. The maximum absolute atomic E-state index is 12.1. The molecular formula is C15H14BrNO2. The Kier molecular flexibility index (Phi) is 4.22. The molecule has 0 saturated heterocycles. The van der Waals surface area contributed by atoms with Crippen LogP contribution in [0.3, 0.4) is 0 Å². The lowest BCUT2D eigenvalue weighted by Crippen LogP contribution is -2.26. The Morgan fingerprint density at radius 3 is 2.58 bits per heavy atom. The number of phenols is 1. The highest BCUT2D eigenvalue weighted by molar-refractivity contribution is 9.10. The molecule has 0 aliphatic heterocycles. The predicted molar refractivity (Wildman–Crippen MR) is 78.1 cm³/mol. The molecule has 2 aromatic carbocycles. The highest BCUT2D eigenvalue weighted by Crippen LogP contribution is 2.22. The summed E-state index contributed by atoms with van der Waals surface area (Å²) in [5, 5.41) is 12.6. The Bertz CT molecular complexity index is 584. The molecular weight excluding hydrogens is 306 g/mol. The Balaban J connectivity index is 2.15. The lowest BCUT2D eigenvalue weighted by Gasteiger charge is -2.15. The fourth-order valence-electron chi connectivity index (χ4n) is 1.79. The third kappa shape index (κ3) is 3.35. The van der Waals surface area contributed by atoms with E-state index in [9.17, 15) is 9.90 Å². The fraction of sp³-hybridized carbons (Fsp3) is 0.133. The average Bonchev–Trinajstić information content (AvgIpc) is 2.42. The molecule has 3 nitrogen and oxygen atoms in total. The Morgan fingerprint density at radius 2 is 1.89 bits per heavy atom. The molecule has 2 aromatic rings. The molecule has 19 heavy (non-hydrogen) atoms. The third-order valence-corrected chi connectivity index (χ3v) is 3.34. The number of carbonyl (C=O) groups excluding carboxylic acids is 1. The van der Waals surface area contributed by atoms with E-state index in [1.165, 1.54) is 6.07 Å². The van der Waals surface area contributed by atoms with Crippen molar-refractivity contribution < 1.29 is 9.90 Å². The van der Waals surface area contributed by atoms with Crippen LogP contribution in [-0.4, -0.2) is 11.0 Å². The number of amides is 1. The Hall–Kier alpha value is -1.81. The van der Waals surface area contributed by atoms with Crippen LogP contribution in [0.15, 0.2) is 53.0 Å². The maximum Gasteiger partial charge on any atom is 0.255 e. The zero-order chi connectivity index (χ0) is 13.8. The van der Waals surface area contributed by atoms with E-state index in [0.717, 1.165) is 10.0 Å². The number of halogens is 1. The molecule has 1 atom stereocenters. The molecule has 2 N–H and O–H groups in total. The molecule has 0 aliphatic rings. The number of hydrogen-bond acceptors (Lipinski definition) is 2. The van der Waals surface area contributed by atoms with E-state index in [4.69, 9.17) is 0 Å². The highest BCUT2D eigenvalue weighted by atomic mass is 79.9. The highest BCUT2D eigenvalue weighted by Gasteiger charge is 2.14. The molecule has 0 heterocycles. The van der Waals surface area contributed by atoms with Gasteiger partial charge in [-0.1, -0.05) is 46.3 Å². The average molecular weight is 320 g/mol. The SMILES string of the molecule is C[C@@H](NC(=O)c1cc(Br)ccc1O)c1ccccc1. The monoisotopic (exact) mass is 319 g/mol. The lowest BCUT2D eigenvalue weighted by atomic mass is 10.1. The summed E-state index contributed by atoms with van der Waals surface area (Å²) in [6, 6.07) is 14.3. The summed E-state index contributed by atoms with van der Waals surface area (Å²) in [5.74, 6) is -0.323. The van der Waals surface area contributed by atoms with Gasteiger partial charge in [0, 0.05) is 4.47 Å². The molecule has 0 saturated carbocycles. The summed E-state index contributed by atoms with van der Waals surface area (Å²) >= 11 is 3.28. The van der Waals surface area contributed by atoms with Crippen molar-refractivity contribution in [2.75, 3.05) is 0 Å². The van der Waals surface area contributed by atoms with Gasteiger partial charge in [-0.3, -0.25) is 4.79 Å². The number of rotatable bonds is 3. The van der Waals surface area contributed by atoms with Gasteiger partial charge in [0.2, 0.25) is 0 Å². The van der Waals surface area contributed by atoms with Gasteiger partial charge < -0.3 is 10.4 Å². The third-order valence-electron chi connectivity index (χ3n) is 2.85. The topological polar surface area (TPSA) is 49.3 Å². The van der Waals surface area contributed by atoms with Crippen LogP contribution in [0, 0.1) is 0 Å². The van der Waals surface area contributed by atoms with Crippen molar-refractivity contribution in [2.45, 2.75) is 13.0 Å². The predicted octanol–water partition coefficient (Wildman–Crippen LogP) is 3.65. The van der Waals surface area contributed by atoms with Crippen molar-refractivity contribution in [2.24, 2.45) is 0 Å². The van der Waals surface area contributed by atoms with E-state index < -0.39 is 0 Å². The van der Waals surface area contributed by atoms with Gasteiger partial charge in [-0.05, 0) is 30.7 Å². The van der Waals surface area contributed by atoms with Crippen molar-refractivity contribution in [3.63, 3.8) is 0 Å². The summed E-state index contributed by atoms with van der Waals surface area (Å²) in [6.07, 6.45) is 0. The van der Waals surface area contributed by atoms with Gasteiger partial charge in [0.05, 0.1) is 11.6 Å². The summed E-state index contributed by atoms with van der Waals surface area (Å²) in [6.45, 7) is 1.91. The van der Waals surface area contributed by atoms with Crippen LogP contribution in [0.1, 0.15) is 28.9 Å². The Morgan fingerprint density at radius 1 is 1.21 bits per heavy atom. The largest absolute Gasteiger partial charge is 0.507 e. The van der Waals surface area contributed by atoms with Crippen LogP contribution in [-0.2, 0) is 0 Å². The maximum atomic E-state index is 12.1. The van der Waals surface area contributed by atoms with Crippen LogP contribution in [0.5, 0.6) is 5.75 Å². The second kappa shape index (κ2) is 5.89. The van der Waals surface area contributed by atoms with Gasteiger partial charge in [0.15, 0.2) is 0 Å². The normalized spacial score (nSPS) is 11.9. The number of nitrogens with one attached hydrogen (secondary N) is 1. The first kappa shape index (κ1) is 13.6. The molecule has 0 aromatic heterocycles. The minimum Gasteiger partial charge on any atom is -0.507 e. The zero-order valence-corrected chi connectivity index (χ0v) is 12.0. The first-order chi connectivity index (χ1) is 9.08. The molecule has 98 valence electrons. The van der Waals surface area contributed by atoms with Gasteiger partial charge in [0.25, 0.3) is 5.91 Å². The molecule has 0 spiro atoms. The van der Waals surface area contributed by atoms with Gasteiger partial charge in [-0.25, -0.2) is 0 Å². The molecule has 0 fully saturated rings. The number of carbonyl (C=O) groups is 1. The summed E-state index contributed by atoms with van der Waals surface area (Å²) in [5.41, 5.74) is 1.28. The van der Waals surface area contributed by atoms with Crippen LogP contribution >= 0.6 is 15.9 Å². The minimum atomic E-state index is -0.296. The van der Waals surface area contributed by atoms with E-state index in [0.29, 0.717) is 0 Å². The van der Waals surface area contributed by atoms with Crippen molar-refractivity contribution in [3.05, 3.63) is 64.1 Å². The van der Waals surface area contributed by atoms with E-state index >= 15 is 0 Å². The van der Waals surface area contributed by atoms with Crippen molar-refractivity contribution in [1.82, 2.24) is 5.32 Å². The number of phenolic OH excluding ortho intramolecular Hbond substituents is 1. The lowest BCUT2D eigenvalue weighted by molar-refractivity contribution is 0.0937. The van der Waals surface area contributed by atoms with Gasteiger partial charge in [0.1, 0.15) is 5.75 Å². The summed E-state index contributed by atoms with van der Waals surface area (Å²) in [4.78, 5) is 12.1. The van der Waals surface area contributed by atoms with Gasteiger partial charge in [-0.2, -0.15) is 0 Å². The minimum absolute atomic E-state index is 0.0269. The van der Waals surface area contributed by atoms with Crippen molar-refractivity contribution in [3.8, 4) is 5.75 Å². The van der Waals surface area contributed by atoms with E-state index in [1.807, 2.05) is 37.3 Å². The number of hydrogen-bond donors (Lipinski definition) is 2. The van der Waals surface area contributed by atoms with Crippen LogP contribution in [0.4, 0.5) is 0 Å². The quantitative estimate of drug-likeness (QED) is 0.907. The molecule has 4 heteroatoms. The van der Waals surface area contributed by atoms with Crippen LogP contribution < -0.4 is 5.32 Å². The van der Waals surface area contributed by atoms with Gasteiger partial charge in [-0.15, -0.1) is 0 Å². The molecule has 0 bridgehead atoms. The molecule has 2 rings (SSSR count). The van der Waals surface area contributed by atoms with E-state index in [1.54, 1.807) is 12.1 Å². The van der Waals surface area contributed by atoms with Crippen LogP contribution in [0.25, 0.3) is 0 Å². The van der Waals surface area contributed by atoms with E-state index in [2.05, 4.69) is 21.2 Å². The first-order valence-electron chi connectivity index (χ1n) is 5.92. The fourth-order valence-corrected chi connectivity index (χ4v) is 2.15. The number of benzene rings is 2. The summed E-state index contributed by atoms with van der Waals surface area (Å²) in [7, 11) is 0. The second-order valence-corrected chi connectivity index (χ2v) is 5.18. The summed E-state index contributed by atoms with van der Waals surface area (Å²) < 4.78 is 0.753. The van der Waals surface area contributed by atoms with Crippen molar-refractivity contribution in [1.29, 1.82) is 0 Å². The Labute approximate surface area is 120 Å². The standard InChI is InChI=1S/C15H14BrNO2/c1-10(11-5-3-2-4-6-11)17-15(19)13-9-12(16)7-8-14(13)18/h2-10,18H,1H3,(H,17,19)/t10-/m1/s1.